The van der Waals surface area contributed by atoms with Gasteiger partial charge in [-0.25, -0.2) is 4.98 Å². The first kappa shape index (κ1) is 16.7. The number of pyridine rings is 1. The van der Waals surface area contributed by atoms with Crippen LogP contribution in [0.3, 0.4) is 0 Å². The van der Waals surface area contributed by atoms with Crippen LogP contribution in [-0.2, 0) is 23.2 Å². The summed E-state index contributed by atoms with van der Waals surface area (Å²) < 4.78 is 1.98. The molecular weight excluding hydrogens is 356 g/mol. The second kappa shape index (κ2) is 6.02. The van der Waals surface area contributed by atoms with Crippen molar-refractivity contribution < 1.29 is 14.4 Å². The second-order valence-corrected chi connectivity index (χ2v) is 7.30. The lowest BCUT2D eigenvalue weighted by atomic mass is 10.0. The monoisotopic (exact) mass is 374 g/mol. The maximum atomic E-state index is 12.8. The Balaban J connectivity index is 1.51. The quantitative estimate of drug-likeness (QED) is 0.696. The first-order valence-corrected chi connectivity index (χ1v) is 9.21. The van der Waals surface area contributed by atoms with Crippen LogP contribution in [0.4, 0.5) is 0 Å². The molecule has 0 bridgehead atoms. The molecule has 5 rings (SSSR count). The summed E-state index contributed by atoms with van der Waals surface area (Å²) in [5.41, 5.74) is 4.48. The molecule has 0 spiro atoms. The molecule has 4 heterocycles. The minimum atomic E-state index is -0.595. The van der Waals surface area contributed by atoms with Crippen molar-refractivity contribution in [1.82, 2.24) is 19.8 Å². The van der Waals surface area contributed by atoms with Crippen LogP contribution in [0, 0.1) is 0 Å². The Morgan fingerprint density at radius 2 is 2.00 bits per heavy atom. The zero-order valence-electron chi connectivity index (χ0n) is 15.3. The van der Waals surface area contributed by atoms with Crippen molar-refractivity contribution in [2.75, 3.05) is 0 Å². The minimum Gasteiger partial charge on any atom is -0.335 e. The predicted molar refractivity (Wildman–Crippen MR) is 102 cm³/mol. The first-order chi connectivity index (χ1) is 13.5. The van der Waals surface area contributed by atoms with E-state index in [1.807, 2.05) is 48.1 Å². The second-order valence-electron chi connectivity index (χ2n) is 7.30. The lowest BCUT2D eigenvalue weighted by Gasteiger charge is -2.29. The fourth-order valence-electron chi connectivity index (χ4n) is 4.18. The van der Waals surface area contributed by atoms with Gasteiger partial charge in [0.25, 0.3) is 5.91 Å². The van der Waals surface area contributed by atoms with Gasteiger partial charge in [-0.3, -0.25) is 19.7 Å². The highest BCUT2D eigenvalue weighted by molar-refractivity contribution is 6.06. The summed E-state index contributed by atoms with van der Waals surface area (Å²) in [6.45, 7) is 0.372. The first-order valence-electron chi connectivity index (χ1n) is 9.21. The van der Waals surface area contributed by atoms with Crippen LogP contribution in [0.1, 0.15) is 28.8 Å². The molecule has 140 valence electrons. The third kappa shape index (κ3) is 2.43. The zero-order chi connectivity index (χ0) is 19.4. The highest BCUT2D eigenvalue weighted by atomic mass is 16.2. The summed E-state index contributed by atoms with van der Waals surface area (Å²) in [7, 11) is 1.96. The predicted octanol–water partition coefficient (Wildman–Crippen LogP) is 2.00. The molecule has 28 heavy (non-hydrogen) atoms. The number of rotatable bonds is 2. The maximum absolute atomic E-state index is 12.8. The lowest BCUT2D eigenvalue weighted by Crippen LogP contribution is -2.52. The van der Waals surface area contributed by atoms with Gasteiger partial charge in [0.05, 0.1) is 0 Å². The summed E-state index contributed by atoms with van der Waals surface area (Å²) in [5.74, 6) is -0.828. The molecule has 1 aromatic carbocycles. The van der Waals surface area contributed by atoms with Crippen molar-refractivity contribution in [1.29, 1.82) is 0 Å². The summed E-state index contributed by atoms with van der Waals surface area (Å²) in [4.78, 5) is 42.4. The van der Waals surface area contributed by atoms with Crippen LogP contribution < -0.4 is 5.32 Å². The average molecular weight is 374 g/mol. The summed E-state index contributed by atoms with van der Waals surface area (Å²) >= 11 is 0. The van der Waals surface area contributed by atoms with Crippen LogP contribution in [0.15, 0.2) is 42.7 Å². The maximum Gasteiger partial charge on any atom is 0.255 e. The van der Waals surface area contributed by atoms with E-state index >= 15 is 0 Å². The third-order valence-corrected chi connectivity index (χ3v) is 5.57. The number of aryl methyl sites for hydroxylation is 1. The number of nitrogens with zero attached hydrogens (tertiary/aromatic N) is 3. The fourth-order valence-corrected chi connectivity index (χ4v) is 4.18. The van der Waals surface area contributed by atoms with Gasteiger partial charge in [0, 0.05) is 48.9 Å². The van der Waals surface area contributed by atoms with Crippen LogP contribution in [-0.4, -0.2) is 38.2 Å². The summed E-state index contributed by atoms with van der Waals surface area (Å²) in [6, 6.07) is 9.13. The third-order valence-electron chi connectivity index (χ3n) is 5.57. The van der Waals surface area contributed by atoms with Gasteiger partial charge >= 0.3 is 0 Å². The molecular formula is C21H18N4O3. The van der Waals surface area contributed by atoms with E-state index in [1.54, 1.807) is 11.1 Å². The molecule has 0 aliphatic carbocycles. The van der Waals surface area contributed by atoms with Gasteiger partial charge in [-0.1, -0.05) is 6.07 Å². The largest absolute Gasteiger partial charge is 0.335 e. The molecule has 3 amide bonds. The molecule has 7 nitrogen and oxygen atoms in total. The van der Waals surface area contributed by atoms with Crippen LogP contribution >= 0.6 is 0 Å². The number of aromatic nitrogens is 2. The van der Waals surface area contributed by atoms with Gasteiger partial charge in [0.2, 0.25) is 11.8 Å². The Kier molecular flexibility index (Phi) is 3.58. The number of piperidine rings is 1. The normalized spacial score (nSPS) is 19.2. The minimum absolute atomic E-state index is 0.157. The Hall–Kier alpha value is -3.48. The number of hydrogen-bond donors (Lipinski definition) is 1. The van der Waals surface area contributed by atoms with Gasteiger partial charge in [-0.2, -0.15) is 0 Å². The molecule has 1 unspecified atom stereocenters. The molecule has 1 fully saturated rings. The number of carbonyl (C=O) groups excluding carboxylic acids is 3. The van der Waals surface area contributed by atoms with E-state index in [9.17, 15) is 14.4 Å². The number of carbonyl (C=O) groups is 3. The molecule has 0 saturated carbocycles. The lowest BCUT2D eigenvalue weighted by molar-refractivity contribution is -0.136. The van der Waals surface area contributed by atoms with Crippen molar-refractivity contribution in [2.45, 2.75) is 25.4 Å². The van der Waals surface area contributed by atoms with Crippen molar-refractivity contribution in [3.8, 4) is 11.1 Å². The molecule has 1 atom stereocenters. The van der Waals surface area contributed by atoms with E-state index in [0.717, 1.165) is 27.7 Å². The summed E-state index contributed by atoms with van der Waals surface area (Å²) in [6.07, 6.45) is 4.43. The number of imide groups is 1. The number of amides is 3. The molecule has 1 saturated heterocycles. The smallest absolute Gasteiger partial charge is 0.255 e. The van der Waals surface area contributed by atoms with E-state index in [2.05, 4.69) is 10.3 Å². The van der Waals surface area contributed by atoms with Gasteiger partial charge in [-0.15, -0.1) is 0 Å². The Labute approximate surface area is 161 Å². The van der Waals surface area contributed by atoms with E-state index in [4.69, 9.17) is 0 Å². The average Bonchev–Trinajstić information content (AvgIpc) is 3.19. The molecule has 7 heteroatoms. The van der Waals surface area contributed by atoms with E-state index in [-0.39, 0.29) is 18.2 Å². The van der Waals surface area contributed by atoms with Gasteiger partial charge in [0.15, 0.2) is 0 Å². The highest BCUT2D eigenvalue weighted by Gasteiger charge is 2.39. The number of hydrogen-bond acceptors (Lipinski definition) is 4. The van der Waals surface area contributed by atoms with Gasteiger partial charge in [-0.05, 0) is 41.8 Å². The number of benzene rings is 1. The summed E-state index contributed by atoms with van der Waals surface area (Å²) in [5, 5.41) is 3.38. The standard InChI is InChI=1S/C21H18N4O3/c1-24-11-16(15-3-2-8-22-19(15)24)12-4-5-14-13(9-12)10-25(21(14)28)17-6-7-18(26)23-20(17)27/h2-5,8-9,11,17H,6-7,10H2,1H3,(H,23,26,27). The van der Waals surface area contributed by atoms with Crippen molar-refractivity contribution in [3.05, 3.63) is 53.9 Å². The van der Waals surface area contributed by atoms with Crippen LogP contribution in [0.2, 0.25) is 0 Å². The van der Waals surface area contributed by atoms with Gasteiger partial charge < -0.3 is 9.47 Å². The molecule has 2 aliphatic rings. The van der Waals surface area contributed by atoms with Gasteiger partial charge in [0.1, 0.15) is 11.7 Å². The van der Waals surface area contributed by atoms with Crippen molar-refractivity contribution in [2.24, 2.45) is 7.05 Å². The zero-order valence-corrected chi connectivity index (χ0v) is 15.3. The highest BCUT2D eigenvalue weighted by Crippen LogP contribution is 2.34. The SMILES string of the molecule is Cn1cc(-c2ccc3c(c2)CN(C2CCC(=O)NC2=O)C3=O)c2cccnc21. The number of fused-ring (bicyclic) bond motifs is 2. The van der Waals surface area contributed by atoms with E-state index in [0.29, 0.717) is 18.5 Å². The van der Waals surface area contributed by atoms with Crippen molar-refractivity contribution >= 4 is 28.8 Å². The van der Waals surface area contributed by atoms with Crippen LogP contribution in [0.25, 0.3) is 22.2 Å². The number of nitrogens with one attached hydrogen (secondary N) is 1. The Morgan fingerprint density at radius 3 is 2.82 bits per heavy atom. The Morgan fingerprint density at radius 1 is 1.14 bits per heavy atom. The van der Waals surface area contributed by atoms with E-state index < -0.39 is 11.9 Å². The van der Waals surface area contributed by atoms with Crippen molar-refractivity contribution in [3.63, 3.8) is 0 Å². The Bertz CT molecular complexity index is 1160. The molecule has 1 N–H and O–H groups in total. The van der Waals surface area contributed by atoms with E-state index in [1.165, 1.54) is 0 Å². The molecule has 2 aromatic heterocycles. The van der Waals surface area contributed by atoms with Crippen LogP contribution in [0.5, 0.6) is 0 Å². The molecule has 0 radical (unpaired) electrons. The topological polar surface area (TPSA) is 84.3 Å². The fraction of sp³-hybridized carbons (Fsp3) is 0.238. The molecule has 3 aromatic rings. The molecule has 2 aliphatic heterocycles.